The lowest BCUT2D eigenvalue weighted by molar-refractivity contribution is 0.646. The summed E-state index contributed by atoms with van der Waals surface area (Å²) in [5.41, 5.74) is 4.68. The zero-order valence-corrected chi connectivity index (χ0v) is 9.20. The van der Waals surface area contributed by atoms with Crippen molar-refractivity contribution in [3.8, 4) is 0 Å². The Balaban J connectivity index is 3.05. The first kappa shape index (κ1) is 11.5. The molecule has 0 aliphatic heterocycles. The van der Waals surface area contributed by atoms with Crippen molar-refractivity contribution in [2.24, 2.45) is 22.7 Å². The molecule has 0 aromatic heterocycles. The Morgan fingerprint density at radius 1 is 1.40 bits per heavy atom. The second kappa shape index (κ2) is 5.36. The maximum atomic E-state index is 5.35. The maximum Gasteiger partial charge on any atom is 0.167 e. The second-order valence-electron chi connectivity index (χ2n) is 3.88. The molecule has 0 aliphatic carbocycles. The van der Waals surface area contributed by atoms with Crippen LogP contribution in [0.1, 0.15) is 25.0 Å². The summed E-state index contributed by atoms with van der Waals surface area (Å²) in [6.45, 7) is 4.35. The summed E-state index contributed by atoms with van der Waals surface area (Å²) in [5, 5.41) is 3.63. The third-order valence-electron chi connectivity index (χ3n) is 2.17. The Labute approximate surface area is 90.3 Å². The summed E-state index contributed by atoms with van der Waals surface area (Å²) in [5.74, 6) is 11.7. The predicted molar refractivity (Wildman–Crippen MR) is 63.0 cm³/mol. The number of hydrogen-bond acceptors (Lipinski definition) is 3. The minimum Gasteiger partial charge on any atom is -0.321 e. The van der Waals surface area contributed by atoms with Gasteiger partial charge in [0, 0.05) is 5.56 Å². The van der Waals surface area contributed by atoms with Crippen molar-refractivity contribution in [2.45, 2.75) is 20.3 Å². The lowest BCUT2D eigenvalue weighted by atomic mass is 9.97. The average molecular weight is 206 g/mol. The molecular formula is C11H18N4. The molecule has 15 heavy (non-hydrogen) atoms. The molecule has 1 aromatic rings. The van der Waals surface area contributed by atoms with Gasteiger partial charge in [-0.25, -0.2) is 5.84 Å². The minimum atomic E-state index is 0.520. The molecule has 0 heterocycles. The number of hydrazone groups is 1. The van der Waals surface area contributed by atoms with Gasteiger partial charge >= 0.3 is 0 Å². The highest BCUT2D eigenvalue weighted by Crippen LogP contribution is 2.13. The highest BCUT2D eigenvalue weighted by molar-refractivity contribution is 5.99. The van der Waals surface area contributed by atoms with Crippen molar-refractivity contribution in [1.82, 2.24) is 5.43 Å². The molecule has 0 saturated heterocycles. The van der Waals surface area contributed by atoms with Crippen LogP contribution in [0.5, 0.6) is 0 Å². The molecule has 0 amide bonds. The van der Waals surface area contributed by atoms with Gasteiger partial charge in [-0.2, -0.15) is 5.10 Å². The summed E-state index contributed by atoms with van der Waals surface area (Å²) in [7, 11) is 0. The third-order valence-corrected chi connectivity index (χ3v) is 2.17. The first-order chi connectivity index (χ1) is 7.19. The number of nitrogens with two attached hydrogens (primary N) is 2. The van der Waals surface area contributed by atoms with Crippen molar-refractivity contribution in [1.29, 1.82) is 0 Å². The quantitative estimate of drug-likeness (QED) is 0.298. The van der Waals surface area contributed by atoms with E-state index < -0.39 is 0 Å². The van der Waals surface area contributed by atoms with Crippen LogP contribution in [0.2, 0.25) is 0 Å². The third kappa shape index (κ3) is 2.95. The lowest BCUT2D eigenvalue weighted by Gasteiger charge is -2.12. The van der Waals surface area contributed by atoms with Gasteiger partial charge < -0.3 is 11.3 Å². The van der Waals surface area contributed by atoms with E-state index >= 15 is 0 Å². The number of hydrogen-bond donors (Lipinski definition) is 3. The number of benzene rings is 1. The Bertz CT molecular complexity index is 344. The molecule has 0 saturated carbocycles. The Kier molecular flexibility index (Phi) is 4.12. The minimum absolute atomic E-state index is 0.520. The summed E-state index contributed by atoms with van der Waals surface area (Å²) in [4.78, 5) is 0. The van der Waals surface area contributed by atoms with Gasteiger partial charge in [-0.15, -0.1) is 0 Å². The number of hydrazine groups is 1. The van der Waals surface area contributed by atoms with Crippen LogP contribution in [0.4, 0.5) is 0 Å². The molecule has 0 fully saturated rings. The van der Waals surface area contributed by atoms with Crippen LogP contribution in [0.3, 0.4) is 0 Å². The summed E-state index contributed by atoms with van der Waals surface area (Å²) in [6, 6.07) is 7.98. The van der Waals surface area contributed by atoms with Crippen LogP contribution in [0, 0.1) is 5.92 Å². The molecule has 0 aliphatic rings. The molecule has 4 heteroatoms. The summed E-state index contributed by atoms with van der Waals surface area (Å²) < 4.78 is 0. The molecule has 0 spiro atoms. The first-order valence-corrected chi connectivity index (χ1v) is 5.01. The summed E-state index contributed by atoms with van der Waals surface area (Å²) >= 11 is 0. The van der Waals surface area contributed by atoms with E-state index in [4.69, 9.17) is 11.7 Å². The average Bonchev–Trinajstić information content (AvgIpc) is 2.21. The SMILES string of the molecule is CC(C)Cc1ccccc1/C(=N/N)NN. The lowest BCUT2D eigenvalue weighted by Crippen LogP contribution is -2.32. The van der Waals surface area contributed by atoms with E-state index in [9.17, 15) is 0 Å². The topological polar surface area (TPSA) is 76.4 Å². The normalized spacial score (nSPS) is 11.9. The van der Waals surface area contributed by atoms with E-state index in [-0.39, 0.29) is 0 Å². The molecule has 4 nitrogen and oxygen atoms in total. The highest BCUT2D eigenvalue weighted by Gasteiger charge is 2.08. The van der Waals surface area contributed by atoms with Gasteiger partial charge in [0.1, 0.15) is 0 Å². The smallest absolute Gasteiger partial charge is 0.167 e. The number of nitrogens with zero attached hydrogens (tertiary/aromatic N) is 1. The fourth-order valence-corrected chi connectivity index (χ4v) is 1.55. The number of rotatable bonds is 3. The van der Waals surface area contributed by atoms with Gasteiger partial charge in [0.2, 0.25) is 0 Å². The van der Waals surface area contributed by atoms with E-state index in [2.05, 4.69) is 30.4 Å². The van der Waals surface area contributed by atoms with Crippen molar-refractivity contribution in [3.05, 3.63) is 35.4 Å². The van der Waals surface area contributed by atoms with Crippen molar-refractivity contribution < 1.29 is 0 Å². The predicted octanol–water partition coefficient (Wildman–Crippen LogP) is 0.969. The van der Waals surface area contributed by atoms with Gasteiger partial charge in [-0.3, -0.25) is 0 Å². The number of nitrogens with one attached hydrogen (secondary N) is 1. The Morgan fingerprint density at radius 2 is 2.07 bits per heavy atom. The van der Waals surface area contributed by atoms with E-state index in [1.54, 1.807) is 0 Å². The van der Waals surface area contributed by atoms with E-state index in [0.29, 0.717) is 11.8 Å². The molecule has 1 aromatic carbocycles. The standard InChI is InChI=1S/C11H18N4/c1-8(2)7-9-5-3-4-6-10(9)11(14-12)15-13/h3-6,8H,7,12-13H2,1-2H3,(H,14,15). The Hall–Kier alpha value is -1.55. The van der Waals surface area contributed by atoms with Crippen LogP contribution in [-0.2, 0) is 6.42 Å². The Morgan fingerprint density at radius 3 is 2.60 bits per heavy atom. The molecule has 0 unspecified atom stereocenters. The number of amidine groups is 1. The van der Waals surface area contributed by atoms with Gasteiger partial charge in [-0.1, -0.05) is 38.1 Å². The zero-order valence-electron chi connectivity index (χ0n) is 9.20. The first-order valence-electron chi connectivity index (χ1n) is 5.01. The van der Waals surface area contributed by atoms with E-state index in [1.807, 2.05) is 18.2 Å². The maximum absolute atomic E-state index is 5.35. The molecule has 5 N–H and O–H groups in total. The second-order valence-corrected chi connectivity index (χ2v) is 3.88. The summed E-state index contributed by atoms with van der Waals surface area (Å²) in [6.07, 6.45) is 0.983. The van der Waals surface area contributed by atoms with Crippen LogP contribution in [-0.4, -0.2) is 5.84 Å². The van der Waals surface area contributed by atoms with Crippen molar-refractivity contribution in [2.75, 3.05) is 0 Å². The fourth-order valence-electron chi connectivity index (χ4n) is 1.55. The molecule has 0 atom stereocenters. The molecule has 0 bridgehead atoms. The highest BCUT2D eigenvalue weighted by atomic mass is 15.3. The van der Waals surface area contributed by atoms with Crippen LogP contribution < -0.4 is 17.1 Å². The molecule has 82 valence electrons. The van der Waals surface area contributed by atoms with Gasteiger partial charge in [0.05, 0.1) is 0 Å². The van der Waals surface area contributed by atoms with Crippen LogP contribution in [0.15, 0.2) is 29.4 Å². The van der Waals surface area contributed by atoms with E-state index in [1.165, 1.54) is 5.56 Å². The fraction of sp³-hybridized carbons (Fsp3) is 0.364. The van der Waals surface area contributed by atoms with Gasteiger partial charge in [0.15, 0.2) is 5.84 Å². The largest absolute Gasteiger partial charge is 0.321 e. The monoisotopic (exact) mass is 206 g/mol. The van der Waals surface area contributed by atoms with Gasteiger partial charge in [0.25, 0.3) is 0 Å². The van der Waals surface area contributed by atoms with Crippen molar-refractivity contribution in [3.63, 3.8) is 0 Å². The van der Waals surface area contributed by atoms with Crippen molar-refractivity contribution >= 4 is 5.84 Å². The zero-order chi connectivity index (χ0) is 11.3. The molecular weight excluding hydrogens is 188 g/mol. The van der Waals surface area contributed by atoms with Crippen LogP contribution in [0.25, 0.3) is 0 Å². The molecule has 0 radical (unpaired) electrons. The van der Waals surface area contributed by atoms with E-state index in [0.717, 1.165) is 12.0 Å². The molecule has 1 rings (SSSR count). The van der Waals surface area contributed by atoms with Gasteiger partial charge in [-0.05, 0) is 17.9 Å². The van der Waals surface area contributed by atoms with Crippen LogP contribution >= 0.6 is 0 Å².